The van der Waals surface area contributed by atoms with Crippen LogP contribution in [0.15, 0.2) is 48.5 Å². The van der Waals surface area contributed by atoms with E-state index in [-0.39, 0.29) is 12.5 Å². The van der Waals surface area contributed by atoms with E-state index >= 15 is 0 Å². The van der Waals surface area contributed by atoms with Gasteiger partial charge in [0.1, 0.15) is 6.61 Å². The molecule has 2 aromatic rings. The molecule has 0 aliphatic carbocycles. The Morgan fingerprint density at radius 1 is 1.19 bits per heavy atom. The van der Waals surface area contributed by atoms with E-state index in [1.165, 1.54) is 0 Å². The average molecular weight is 279 g/mol. The van der Waals surface area contributed by atoms with Crippen LogP contribution in [0.25, 0.3) is 0 Å². The molecule has 0 fully saturated rings. The van der Waals surface area contributed by atoms with E-state index < -0.39 is 0 Å². The zero-order valence-electron chi connectivity index (χ0n) is 11.9. The van der Waals surface area contributed by atoms with Crippen molar-refractivity contribution in [2.75, 3.05) is 6.61 Å². The fourth-order valence-corrected chi connectivity index (χ4v) is 1.96. The standard InChI is InChI=1S/C18H17NO2/c1-14-9-10-16(8-5-11-20)17(12-14)18(21)19-13-15-6-3-2-4-7-15/h2-4,6-7,9-10,12,20H,11,13H2,1H3,(H,19,21). The first kappa shape index (κ1) is 14.8. The number of aliphatic hydroxyl groups excluding tert-OH is 1. The number of hydrogen-bond donors (Lipinski definition) is 2. The maximum atomic E-state index is 12.3. The van der Waals surface area contributed by atoms with E-state index in [9.17, 15) is 4.79 Å². The molecule has 0 saturated heterocycles. The van der Waals surface area contributed by atoms with Crippen molar-refractivity contribution in [3.05, 3.63) is 70.8 Å². The van der Waals surface area contributed by atoms with Crippen LogP contribution in [0, 0.1) is 18.8 Å². The molecule has 0 heterocycles. The maximum Gasteiger partial charge on any atom is 0.252 e. The zero-order chi connectivity index (χ0) is 15.1. The highest BCUT2D eigenvalue weighted by molar-refractivity contribution is 5.96. The Balaban J connectivity index is 2.16. The van der Waals surface area contributed by atoms with Gasteiger partial charge in [0.2, 0.25) is 0 Å². The summed E-state index contributed by atoms with van der Waals surface area (Å²) in [5.41, 5.74) is 3.20. The minimum Gasteiger partial charge on any atom is -0.384 e. The van der Waals surface area contributed by atoms with Crippen LogP contribution in [0.1, 0.15) is 27.0 Å². The minimum atomic E-state index is -0.223. The highest BCUT2D eigenvalue weighted by Gasteiger charge is 2.10. The monoisotopic (exact) mass is 279 g/mol. The maximum absolute atomic E-state index is 12.3. The van der Waals surface area contributed by atoms with Crippen molar-refractivity contribution in [2.24, 2.45) is 0 Å². The van der Waals surface area contributed by atoms with Crippen molar-refractivity contribution in [2.45, 2.75) is 13.5 Å². The molecule has 3 heteroatoms. The van der Waals surface area contributed by atoms with Gasteiger partial charge in [-0.15, -0.1) is 0 Å². The molecular weight excluding hydrogens is 262 g/mol. The smallest absolute Gasteiger partial charge is 0.252 e. The van der Waals surface area contributed by atoms with Crippen LogP contribution < -0.4 is 5.32 Å². The number of rotatable bonds is 3. The summed E-state index contributed by atoms with van der Waals surface area (Å²) in [7, 11) is 0. The third-order valence-corrected chi connectivity index (χ3v) is 3.02. The highest BCUT2D eigenvalue weighted by Crippen LogP contribution is 2.11. The van der Waals surface area contributed by atoms with Crippen molar-refractivity contribution in [3.63, 3.8) is 0 Å². The molecule has 21 heavy (non-hydrogen) atoms. The summed E-state index contributed by atoms with van der Waals surface area (Å²) in [6.07, 6.45) is 0. The molecule has 0 spiro atoms. The normalized spacial score (nSPS) is 9.62. The number of aliphatic hydroxyl groups is 1. The minimum absolute atomic E-state index is 0.162. The number of nitrogens with one attached hydrogen (secondary N) is 1. The molecule has 106 valence electrons. The van der Waals surface area contributed by atoms with Crippen LogP contribution in [0.4, 0.5) is 0 Å². The zero-order valence-corrected chi connectivity index (χ0v) is 11.9. The summed E-state index contributed by atoms with van der Waals surface area (Å²) in [5, 5.41) is 11.7. The highest BCUT2D eigenvalue weighted by atomic mass is 16.2. The number of carbonyl (C=O) groups is 1. The first-order chi connectivity index (χ1) is 10.2. The second-order valence-electron chi connectivity index (χ2n) is 4.68. The van der Waals surface area contributed by atoms with Crippen LogP contribution in [-0.2, 0) is 6.54 Å². The number of benzene rings is 2. The lowest BCUT2D eigenvalue weighted by molar-refractivity contribution is 0.0950. The molecular formula is C18H17NO2. The predicted molar refractivity (Wildman–Crippen MR) is 82.8 cm³/mol. The summed E-state index contributed by atoms with van der Waals surface area (Å²) >= 11 is 0. The van der Waals surface area contributed by atoms with E-state index in [0.29, 0.717) is 17.7 Å². The quantitative estimate of drug-likeness (QED) is 0.847. The van der Waals surface area contributed by atoms with Crippen LogP contribution in [0.2, 0.25) is 0 Å². The van der Waals surface area contributed by atoms with Crippen molar-refractivity contribution in [1.29, 1.82) is 0 Å². The molecule has 3 nitrogen and oxygen atoms in total. The fourth-order valence-electron chi connectivity index (χ4n) is 1.96. The lowest BCUT2D eigenvalue weighted by Crippen LogP contribution is -2.23. The Morgan fingerprint density at radius 3 is 2.67 bits per heavy atom. The number of amides is 1. The first-order valence-corrected chi connectivity index (χ1v) is 6.73. The third kappa shape index (κ3) is 4.20. The SMILES string of the molecule is Cc1ccc(C#CCO)c(C(=O)NCc2ccccc2)c1. The van der Waals surface area contributed by atoms with Crippen molar-refractivity contribution in [3.8, 4) is 11.8 Å². The lowest BCUT2D eigenvalue weighted by atomic mass is 10.0. The van der Waals surface area contributed by atoms with Gasteiger partial charge in [0.15, 0.2) is 0 Å². The molecule has 0 atom stereocenters. The van der Waals surface area contributed by atoms with Crippen LogP contribution in [0.5, 0.6) is 0 Å². The van der Waals surface area contributed by atoms with Crippen molar-refractivity contribution < 1.29 is 9.90 Å². The van der Waals surface area contributed by atoms with E-state index in [0.717, 1.165) is 11.1 Å². The molecule has 0 aliphatic rings. The number of aryl methyl sites for hydroxylation is 1. The van der Waals surface area contributed by atoms with Gasteiger partial charge in [-0.2, -0.15) is 0 Å². The third-order valence-electron chi connectivity index (χ3n) is 3.02. The molecule has 0 radical (unpaired) electrons. The predicted octanol–water partition coefficient (Wildman–Crippen LogP) is 2.27. The molecule has 0 unspecified atom stereocenters. The van der Waals surface area contributed by atoms with Crippen LogP contribution >= 0.6 is 0 Å². The van der Waals surface area contributed by atoms with Gasteiger partial charge in [-0.05, 0) is 24.6 Å². The van der Waals surface area contributed by atoms with Gasteiger partial charge < -0.3 is 10.4 Å². The molecule has 0 aliphatic heterocycles. The van der Waals surface area contributed by atoms with Crippen molar-refractivity contribution >= 4 is 5.91 Å². The Morgan fingerprint density at radius 2 is 1.95 bits per heavy atom. The second kappa shape index (κ2) is 7.28. The van der Waals surface area contributed by atoms with Gasteiger partial charge in [-0.1, -0.05) is 53.8 Å². The molecule has 0 bridgehead atoms. The largest absolute Gasteiger partial charge is 0.384 e. The van der Waals surface area contributed by atoms with Gasteiger partial charge >= 0.3 is 0 Å². The topological polar surface area (TPSA) is 49.3 Å². The van der Waals surface area contributed by atoms with Gasteiger partial charge in [0.05, 0.1) is 5.56 Å². The summed E-state index contributed by atoms with van der Waals surface area (Å²) in [6.45, 7) is 2.18. The summed E-state index contributed by atoms with van der Waals surface area (Å²) < 4.78 is 0. The Bertz CT molecular complexity index is 681. The Kier molecular flexibility index (Phi) is 5.14. The molecule has 0 saturated carbocycles. The lowest BCUT2D eigenvalue weighted by Gasteiger charge is -2.08. The number of hydrogen-bond acceptors (Lipinski definition) is 2. The van der Waals surface area contributed by atoms with E-state index in [1.54, 1.807) is 6.07 Å². The van der Waals surface area contributed by atoms with E-state index in [1.807, 2.05) is 49.4 Å². The number of carbonyl (C=O) groups excluding carboxylic acids is 1. The summed E-state index contributed by atoms with van der Waals surface area (Å²) in [4.78, 5) is 12.3. The van der Waals surface area contributed by atoms with Crippen LogP contribution in [-0.4, -0.2) is 17.6 Å². The molecule has 2 rings (SSSR count). The second-order valence-corrected chi connectivity index (χ2v) is 4.68. The molecule has 0 aromatic heterocycles. The van der Waals surface area contributed by atoms with Gasteiger partial charge in [-0.25, -0.2) is 0 Å². The Hall–Kier alpha value is -2.57. The average Bonchev–Trinajstić information content (AvgIpc) is 2.52. The molecule has 2 aromatic carbocycles. The van der Waals surface area contributed by atoms with Crippen LogP contribution in [0.3, 0.4) is 0 Å². The first-order valence-electron chi connectivity index (χ1n) is 6.73. The van der Waals surface area contributed by atoms with E-state index in [2.05, 4.69) is 17.2 Å². The van der Waals surface area contributed by atoms with Crippen molar-refractivity contribution in [1.82, 2.24) is 5.32 Å². The summed E-state index contributed by atoms with van der Waals surface area (Å²) in [6, 6.07) is 15.2. The van der Waals surface area contributed by atoms with Gasteiger partial charge in [-0.3, -0.25) is 4.79 Å². The molecule has 2 N–H and O–H groups in total. The van der Waals surface area contributed by atoms with Gasteiger partial charge in [0.25, 0.3) is 5.91 Å². The van der Waals surface area contributed by atoms with E-state index in [4.69, 9.17) is 5.11 Å². The molecule has 1 amide bonds. The fraction of sp³-hybridized carbons (Fsp3) is 0.167. The Labute approximate surface area is 124 Å². The summed E-state index contributed by atoms with van der Waals surface area (Å²) in [5.74, 6) is 5.22. The van der Waals surface area contributed by atoms with Gasteiger partial charge in [0, 0.05) is 12.1 Å².